The highest BCUT2D eigenvalue weighted by molar-refractivity contribution is 7.99. The molecule has 4 rings (SSSR count). The van der Waals surface area contributed by atoms with Crippen molar-refractivity contribution in [2.45, 2.75) is 43.0 Å². The Kier molecular flexibility index (Phi) is 7.40. The van der Waals surface area contributed by atoms with Crippen LogP contribution in [0.15, 0.2) is 28.3 Å². The van der Waals surface area contributed by atoms with E-state index in [9.17, 15) is 13.2 Å². The van der Waals surface area contributed by atoms with Crippen molar-refractivity contribution in [1.82, 2.24) is 18.8 Å². The number of morpholine rings is 2. The van der Waals surface area contributed by atoms with Crippen molar-refractivity contribution < 1.29 is 22.7 Å². The third kappa shape index (κ3) is 4.81. The Morgan fingerprint density at radius 3 is 2.69 bits per heavy atom. The zero-order valence-corrected chi connectivity index (χ0v) is 20.2. The van der Waals surface area contributed by atoms with Crippen LogP contribution in [0.5, 0.6) is 0 Å². The summed E-state index contributed by atoms with van der Waals surface area (Å²) in [6.45, 7) is 8.09. The number of rotatable bonds is 7. The van der Waals surface area contributed by atoms with Crippen LogP contribution in [0.1, 0.15) is 20.3 Å². The average molecular weight is 483 g/mol. The minimum absolute atomic E-state index is 0.0713. The van der Waals surface area contributed by atoms with Crippen LogP contribution in [0.25, 0.3) is 11.0 Å². The highest BCUT2D eigenvalue weighted by Crippen LogP contribution is 2.28. The van der Waals surface area contributed by atoms with E-state index in [2.05, 4.69) is 11.9 Å². The summed E-state index contributed by atoms with van der Waals surface area (Å²) >= 11 is 1.39. The van der Waals surface area contributed by atoms with E-state index < -0.39 is 10.0 Å². The molecule has 2 saturated heterocycles. The molecule has 0 N–H and O–H groups in total. The van der Waals surface area contributed by atoms with E-state index in [0.29, 0.717) is 63.8 Å². The number of sulfonamides is 1. The second-order valence-electron chi connectivity index (χ2n) is 7.84. The standard InChI is InChI=1S/C21H30N4O5S2/c1-3-16-14-23(7-12-30-16)20(26)15-31-21-22-18-13-17(5-6-19(18)25(21)4-2)32(27,28)24-8-10-29-11-9-24/h5-6,13,16H,3-4,7-12,14-15H2,1-2H3. The molecule has 1 atom stereocenters. The van der Waals surface area contributed by atoms with Gasteiger partial charge in [0.2, 0.25) is 15.9 Å². The van der Waals surface area contributed by atoms with E-state index in [1.807, 2.05) is 16.4 Å². The molecule has 1 unspecified atom stereocenters. The highest BCUT2D eigenvalue weighted by Gasteiger charge is 2.27. The molecule has 0 saturated carbocycles. The molecule has 3 heterocycles. The largest absolute Gasteiger partial charge is 0.379 e. The molecular weight excluding hydrogens is 452 g/mol. The van der Waals surface area contributed by atoms with Crippen molar-refractivity contribution in [2.75, 3.05) is 51.8 Å². The van der Waals surface area contributed by atoms with Gasteiger partial charge < -0.3 is 18.9 Å². The number of amides is 1. The fourth-order valence-electron chi connectivity index (χ4n) is 4.01. The quantitative estimate of drug-likeness (QED) is 0.556. The number of ether oxygens (including phenoxy) is 2. The summed E-state index contributed by atoms with van der Waals surface area (Å²) in [4.78, 5) is 19.5. The molecule has 0 radical (unpaired) electrons. The predicted molar refractivity (Wildman–Crippen MR) is 122 cm³/mol. The number of aromatic nitrogens is 2. The molecule has 2 aliphatic heterocycles. The third-order valence-electron chi connectivity index (χ3n) is 5.88. The van der Waals surface area contributed by atoms with Gasteiger partial charge in [-0.15, -0.1) is 0 Å². The molecule has 11 heteroatoms. The zero-order chi connectivity index (χ0) is 22.7. The van der Waals surface area contributed by atoms with Gasteiger partial charge in [-0.05, 0) is 31.5 Å². The Labute approximate surface area is 193 Å². The van der Waals surface area contributed by atoms with Gasteiger partial charge in [0.15, 0.2) is 5.16 Å². The van der Waals surface area contributed by atoms with Gasteiger partial charge in [0.1, 0.15) is 0 Å². The number of hydrogen-bond acceptors (Lipinski definition) is 7. The van der Waals surface area contributed by atoms with Gasteiger partial charge in [-0.2, -0.15) is 4.31 Å². The first-order valence-electron chi connectivity index (χ1n) is 11.0. The fraction of sp³-hybridized carbons (Fsp3) is 0.619. The van der Waals surface area contributed by atoms with Crippen molar-refractivity contribution in [3.8, 4) is 0 Å². The minimum Gasteiger partial charge on any atom is -0.379 e. The SMILES string of the molecule is CCC1CN(C(=O)CSc2nc3cc(S(=O)(=O)N4CCOCC4)ccc3n2CC)CCO1. The molecular formula is C21H30N4O5S2. The number of thioether (sulfide) groups is 1. The van der Waals surface area contributed by atoms with Crippen LogP contribution in [-0.4, -0.2) is 90.9 Å². The summed E-state index contributed by atoms with van der Waals surface area (Å²) in [7, 11) is -3.59. The van der Waals surface area contributed by atoms with Crippen molar-refractivity contribution in [1.29, 1.82) is 0 Å². The van der Waals surface area contributed by atoms with E-state index >= 15 is 0 Å². The smallest absolute Gasteiger partial charge is 0.243 e. The lowest BCUT2D eigenvalue weighted by atomic mass is 10.2. The number of benzene rings is 1. The minimum atomic E-state index is -3.59. The van der Waals surface area contributed by atoms with E-state index in [0.717, 1.165) is 17.1 Å². The number of nitrogens with zero attached hydrogens (tertiary/aromatic N) is 4. The molecule has 2 fully saturated rings. The summed E-state index contributed by atoms with van der Waals surface area (Å²) in [5.74, 6) is 0.362. The average Bonchev–Trinajstić information content (AvgIpc) is 3.19. The van der Waals surface area contributed by atoms with E-state index in [1.54, 1.807) is 18.2 Å². The van der Waals surface area contributed by atoms with Crippen LogP contribution in [0.2, 0.25) is 0 Å². The second-order valence-corrected chi connectivity index (χ2v) is 10.7. The van der Waals surface area contributed by atoms with Crippen molar-refractivity contribution in [3.63, 3.8) is 0 Å². The van der Waals surface area contributed by atoms with Gasteiger partial charge >= 0.3 is 0 Å². The van der Waals surface area contributed by atoms with Crippen LogP contribution in [0.4, 0.5) is 0 Å². The lowest BCUT2D eigenvalue weighted by Gasteiger charge is -2.32. The first-order valence-corrected chi connectivity index (χ1v) is 13.5. The van der Waals surface area contributed by atoms with Crippen LogP contribution in [0.3, 0.4) is 0 Å². The molecule has 0 aliphatic carbocycles. The number of carbonyl (C=O) groups excluding carboxylic acids is 1. The van der Waals surface area contributed by atoms with Gasteiger partial charge in [-0.3, -0.25) is 4.79 Å². The van der Waals surface area contributed by atoms with E-state index in [1.165, 1.54) is 16.1 Å². The first kappa shape index (κ1) is 23.5. The zero-order valence-electron chi connectivity index (χ0n) is 18.5. The normalized spacial score (nSPS) is 20.7. The van der Waals surface area contributed by atoms with E-state index in [4.69, 9.17) is 9.47 Å². The summed E-state index contributed by atoms with van der Waals surface area (Å²) < 4.78 is 40.4. The number of hydrogen-bond donors (Lipinski definition) is 0. The van der Waals surface area contributed by atoms with Crippen molar-refractivity contribution in [2.24, 2.45) is 0 Å². The van der Waals surface area contributed by atoms with Gasteiger partial charge in [0.05, 0.1) is 47.6 Å². The maximum atomic E-state index is 13.0. The Bertz CT molecular complexity index is 1070. The molecule has 1 aromatic carbocycles. The van der Waals surface area contributed by atoms with Crippen LogP contribution in [-0.2, 0) is 30.8 Å². The van der Waals surface area contributed by atoms with Crippen LogP contribution < -0.4 is 0 Å². The molecule has 2 aliphatic rings. The molecule has 176 valence electrons. The predicted octanol–water partition coefficient (Wildman–Crippen LogP) is 1.81. The van der Waals surface area contributed by atoms with Gasteiger partial charge in [-0.25, -0.2) is 13.4 Å². The van der Waals surface area contributed by atoms with E-state index in [-0.39, 0.29) is 16.9 Å². The summed E-state index contributed by atoms with van der Waals surface area (Å²) in [6, 6.07) is 5.07. The Morgan fingerprint density at radius 1 is 1.19 bits per heavy atom. The lowest BCUT2D eigenvalue weighted by molar-refractivity contribution is -0.135. The van der Waals surface area contributed by atoms with Gasteiger partial charge in [0, 0.05) is 32.7 Å². The third-order valence-corrected chi connectivity index (χ3v) is 8.74. The van der Waals surface area contributed by atoms with Crippen LogP contribution >= 0.6 is 11.8 Å². The first-order chi connectivity index (χ1) is 15.4. The molecule has 1 aromatic heterocycles. The molecule has 9 nitrogen and oxygen atoms in total. The Balaban J connectivity index is 1.52. The topological polar surface area (TPSA) is 94.0 Å². The monoisotopic (exact) mass is 482 g/mol. The Morgan fingerprint density at radius 2 is 1.97 bits per heavy atom. The van der Waals surface area contributed by atoms with Crippen molar-refractivity contribution >= 4 is 38.7 Å². The number of carbonyl (C=O) groups is 1. The van der Waals surface area contributed by atoms with Gasteiger partial charge in [0.25, 0.3) is 0 Å². The molecule has 1 amide bonds. The number of fused-ring (bicyclic) bond motifs is 1. The Hall–Kier alpha value is -1.66. The summed E-state index contributed by atoms with van der Waals surface area (Å²) in [6.07, 6.45) is 0.989. The summed E-state index contributed by atoms with van der Waals surface area (Å²) in [5.41, 5.74) is 1.48. The number of imidazole rings is 1. The molecule has 2 aromatic rings. The van der Waals surface area contributed by atoms with Crippen LogP contribution in [0, 0.1) is 0 Å². The maximum absolute atomic E-state index is 13.0. The maximum Gasteiger partial charge on any atom is 0.243 e. The lowest BCUT2D eigenvalue weighted by Crippen LogP contribution is -2.46. The second kappa shape index (κ2) is 10.1. The van der Waals surface area contributed by atoms with Gasteiger partial charge in [-0.1, -0.05) is 18.7 Å². The molecule has 0 bridgehead atoms. The molecule has 0 spiro atoms. The highest BCUT2D eigenvalue weighted by atomic mass is 32.2. The fourth-order valence-corrected chi connectivity index (χ4v) is 6.42. The molecule has 32 heavy (non-hydrogen) atoms. The number of aryl methyl sites for hydroxylation is 1. The summed E-state index contributed by atoms with van der Waals surface area (Å²) in [5, 5.41) is 0.720. The van der Waals surface area contributed by atoms with Crippen molar-refractivity contribution in [3.05, 3.63) is 18.2 Å².